The van der Waals surface area contributed by atoms with E-state index in [9.17, 15) is 10.5 Å². The molecule has 2 nitrogen and oxygen atoms in total. The Kier molecular flexibility index (Phi) is 4.53. The molecule has 0 radical (unpaired) electrons. The van der Waals surface area contributed by atoms with E-state index < -0.39 is 6.89 Å². The van der Waals surface area contributed by atoms with Gasteiger partial charge in [-0.1, -0.05) is 60.7 Å². The highest BCUT2D eigenvalue weighted by Crippen LogP contribution is 2.57. The standard InChI is InChI=1S/C19H12IN2P/c20-15-11-18(13-21)23(19(12-15)14-22,16-7-3-1-4-8-16)17-9-5-2-6-10-17/h1-12H. The largest absolute Gasteiger partial charge is 0.192 e. The van der Waals surface area contributed by atoms with Crippen molar-refractivity contribution in [1.82, 2.24) is 0 Å². The lowest BCUT2D eigenvalue weighted by Crippen LogP contribution is -2.23. The summed E-state index contributed by atoms with van der Waals surface area (Å²) in [4.78, 5) is 0. The van der Waals surface area contributed by atoms with Crippen LogP contribution >= 0.6 is 29.5 Å². The quantitative estimate of drug-likeness (QED) is 0.537. The molecule has 3 rings (SSSR count). The van der Waals surface area contributed by atoms with Gasteiger partial charge < -0.3 is 0 Å². The Hall–Kier alpha value is -2.07. The molecule has 2 aromatic rings. The van der Waals surface area contributed by atoms with E-state index in [1.807, 2.05) is 72.8 Å². The van der Waals surface area contributed by atoms with Crippen LogP contribution in [0.3, 0.4) is 0 Å². The normalized spacial score (nSPS) is 15.9. The lowest BCUT2D eigenvalue weighted by molar-refractivity contribution is 1.52. The third kappa shape index (κ3) is 2.57. The van der Waals surface area contributed by atoms with Crippen LogP contribution in [0, 0.1) is 22.7 Å². The molecule has 1 aliphatic rings. The Morgan fingerprint density at radius 3 is 1.70 bits per heavy atom. The van der Waals surface area contributed by atoms with Gasteiger partial charge in [-0.15, -0.1) is 0 Å². The van der Waals surface area contributed by atoms with Crippen molar-refractivity contribution in [2.75, 3.05) is 0 Å². The van der Waals surface area contributed by atoms with Crippen LogP contribution in [0.5, 0.6) is 0 Å². The molecular weight excluding hydrogens is 414 g/mol. The molecule has 23 heavy (non-hydrogen) atoms. The summed E-state index contributed by atoms with van der Waals surface area (Å²) in [6, 6.07) is 24.6. The molecule has 110 valence electrons. The fourth-order valence-corrected chi connectivity index (χ4v) is 7.84. The number of rotatable bonds is 2. The third-order valence-corrected chi connectivity index (χ3v) is 8.46. The third-order valence-electron chi connectivity index (χ3n) is 3.79. The lowest BCUT2D eigenvalue weighted by Gasteiger charge is -2.30. The number of halogens is 1. The van der Waals surface area contributed by atoms with Gasteiger partial charge in [0.25, 0.3) is 0 Å². The molecule has 1 aliphatic heterocycles. The monoisotopic (exact) mass is 426 g/mol. The first-order valence-electron chi connectivity index (χ1n) is 7.01. The van der Waals surface area contributed by atoms with Crippen LogP contribution in [0.15, 0.2) is 81.7 Å². The van der Waals surface area contributed by atoms with E-state index in [4.69, 9.17) is 0 Å². The summed E-state index contributed by atoms with van der Waals surface area (Å²) in [5.41, 5.74) is 0. The summed E-state index contributed by atoms with van der Waals surface area (Å²) in [5.74, 6) is 0. The van der Waals surface area contributed by atoms with E-state index in [-0.39, 0.29) is 0 Å². The minimum Gasteiger partial charge on any atom is -0.192 e. The molecule has 0 saturated heterocycles. The van der Waals surface area contributed by atoms with Gasteiger partial charge in [-0.2, -0.15) is 10.5 Å². The van der Waals surface area contributed by atoms with Gasteiger partial charge in [0, 0.05) is 10.5 Å². The van der Waals surface area contributed by atoms with Crippen LogP contribution in [0.2, 0.25) is 0 Å². The predicted molar refractivity (Wildman–Crippen MR) is 105 cm³/mol. The summed E-state index contributed by atoms with van der Waals surface area (Å²) >= 11 is 2.17. The Balaban J connectivity index is 2.55. The van der Waals surface area contributed by atoms with Crippen molar-refractivity contribution in [3.8, 4) is 12.1 Å². The molecule has 1 heterocycles. The molecule has 0 aliphatic carbocycles. The Bertz CT molecular complexity index is 899. The van der Waals surface area contributed by atoms with Gasteiger partial charge in [0.15, 0.2) is 0 Å². The molecule has 0 spiro atoms. The predicted octanol–water partition coefficient (Wildman–Crippen LogP) is 4.09. The minimum atomic E-state index is -2.38. The molecule has 4 heteroatoms. The van der Waals surface area contributed by atoms with Gasteiger partial charge in [-0.05, 0) is 45.4 Å². The summed E-state index contributed by atoms with van der Waals surface area (Å²) < 4.78 is 0.915. The zero-order chi connectivity index (χ0) is 16.3. The number of nitrogens with zero attached hydrogens (tertiary/aromatic N) is 2. The lowest BCUT2D eigenvalue weighted by atomic mass is 10.3. The summed E-state index contributed by atoms with van der Waals surface area (Å²) in [7, 11) is 0. The number of benzene rings is 2. The Morgan fingerprint density at radius 1 is 0.739 bits per heavy atom. The van der Waals surface area contributed by atoms with Crippen molar-refractivity contribution in [2.24, 2.45) is 0 Å². The summed E-state index contributed by atoms with van der Waals surface area (Å²) in [6.45, 7) is -2.38. The second-order valence-electron chi connectivity index (χ2n) is 5.01. The number of allylic oxidation sites excluding steroid dienone is 4. The highest BCUT2D eigenvalue weighted by Gasteiger charge is 2.33. The van der Waals surface area contributed by atoms with E-state index in [1.54, 1.807) is 0 Å². The fraction of sp³-hybridized carbons (Fsp3) is 0. The fourth-order valence-electron chi connectivity index (χ4n) is 2.85. The average molecular weight is 426 g/mol. The molecule has 0 amide bonds. The van der Waals surface area contributed by atoms with Crippen molar-refractivity contribution >= 4 is 45.4 Å². The molecule has 0 bridgehead atoms. The number of hydrogen-bond donors (Lipinski definition) is 0. The molecule has 2 aromatic carbocycles. The zero-order valence-electron chi connectivity index (χ0n) is 12.1. The second kappa shape index (κ2) is 6.59. The van der Waals surface area contributed by atoms with Gasteiger partial charge in [-0.3, -0.25) is 0 Å². The SMILES string of the molecule is N#CC1=CC(I)=CC(C#N)=P1(c1ccccc1)c1ccccc1. The van der Waals surface area contributed by atoms with Gasteiger partial charge >= 0.3 is 0 Å². The highest BCUT2D eigenvalue weighted by molar-refractivity contribution is 14.1. The minimum absolute atomic E-state index is 0.679. The molecule has 0 aromatic heterocycles. The van der Waals surface area contributed by atoms with Gasteiger partial charge in [-0.25, -0.2) is 0 Å². The highest BCUT2D eigenvalue weighted by atomic mass is 127. The van der Waals surface area contributed by atoms with Gasteiger partial charge in [0.1, 0.15) is 12.1 Å². The van der Waals surface area contributed by atoms with Crippen LogP contribution in [0.1, 0.15) is 0 Å². The van der Waals surface area contributed by atoms with E-state index in [0.29, 0.717) is 10.6 Å². The van der Waals surface area contributed by atoms with Crippen molar-refractivity contribution < 1.29 is 0 Å². The average Bonchev–Trinajstić information content (AvgIpc) is 2.62. The smallest absolute Gasteiger partial charge is 0.100 e. The molecule has 0 atom stereocenters. The van der Waals surface area contributed by atoms with Crippen molar-refractivity contribution in [3.63, 3.8) is 0 Å². The van der Waals surface area contributed by atoms with Gasteiger partial charge in [0.05, 0.1) is 10.6 Å². The summed E-state index contributed by atoms with van der Waals surface area (Å²) in [6.07, 6.45) is 3.82. The molecular formula is C19H12IN2P. The van der Waals surface area contributed by atoms with Crippen molar-refractivity contribution in [2.45, 2.75) is 0 Å². The number of hydrogen-bond acceptors (Lipinski definition) is 2. The van der Waals surface area contributed by atoms with Crippen molar-refractivity contribution in [3.05, 3.63) is 81.7 Å². The van der Waals surface area contributed by atoms with E-state index >= 15 is 0 Å². The first-order valence-corrected chi connectivity index (χ1v) is 9.87. The van der Waals surface area contributed by atoms with Crippen LogP contribution in [-0.4, -0.2) is 5.29 Å². The summed E-state index contributed by atoms with van der Waals surface area (Å²) in [5, 5.41) is 23.1. The van der Waals surface area contributed by atoms with Crippen molar-refractivity contribution in [1.29, 1.82) is 10.5 Å². The van der Waals surface area contributed by atoms with Crippen LogP contribution in [-0.2, 0) is 0 Å². The second-order valence-corrected chi connectivity index (χ2v) is 9.59. The maximum Gasteiger partial charge on any atom is 0.100 e. The number of nitriles is 2. The van der Waals surface area contributed by atoms with Crippen LogP contribution < -0.4 is 10.6 Å². The Morgan fingerprint density at radius 2 is 1.26 bits per heavy atom. The first kappa shape index (κ1) is 15.8. The maximum absolute atomic E-state index is 9.84. The Labute approximate surface area is 149 Å². The zero-order valence-corrected chi connectivity index (χ0v) is 15.2. The maximum atomic E-state index is 9.84. The molecule has 0 N–H and O–H groups in total. The molecule has 0 saturated carbocycles. The van der Waals surface area contributed by atoms with Gasteiger partial charge in [0.2, 0.25) is 0 Å². The van der Waals surface area contributed by atoms with Crippen LogP contribution in [0.4, 0.5) is 0 Å². The van der Waals surface area contributed by atoms with Crippen LogP contribution in [0.25, 0.3) is 0 Å². The first-order chi connectivity index (χ1) is 11.2. The van der Waals surface area contributed by atoms with E-state index in [0.717, 1.165) is 14.2 Å². The topological polar surface area (TPSA) is 47.6 Å². The molecule has 0 unspecified atom stereocenters. The van der Waals surface area contributed by atoms with E-state index in [2.05, 4.69) is 34.7 Å². The van der Waals surface area contributed by atoms with E-state index in [1.165, 1.54) is 0 Å². The molecule has 0 fully saturated rings.